The second kappa shape index (κ2) is 14.5. The molecule has 8 nitrogen and oxygen atoms in total. The third-order valence-corrected chi connectivity index (χ3v) is 8.76. The molecule has 1 fully saturated rings. The Balaban J connectivity index is 1.31. The number of thioether (sulfide) groups is 1. The van der Waals surface area contributed by atoms with Crippen molar-refractivity contribution >= 4 is 35.2 Å². The van der Waals surface area contributed by atoms with Gasteiger partial charge in [-0.15, -0.1) is 11.8 Å². The molecule has 1 saturated heterocycles. The molecular weight excluding hydrogens is 586 g/mol. The van der Waals surface area contributed by atoms with Gasteiger partial charge in [-0.25, -0.2) is 0 Å². The molecule has 0 unspecified atom stereocenters. The standard InChI is InChI=1S/C36H33N3O5S/c1-43-30-18-15-26(21-31(30)44-2)19-20-38-33(40)23-32-35(42)39(29-10-6-9-28(22-29)34(37)41)36(45-32)27-16-13-25(14-17-27)12-11-24-7-4-3-5-8-24/h3-10,13-18,21-22,32,36H,19-20,23H2,1-2H3,(H2,37,41)(H,38,40)/t32-,36+/m1/s1. The molecule has 0 aliphatic carbocycles. The number of hydrogen-bond donors (Lipinski definition) is 2. The molecule has 1 aliphatic rings. The van der Waals surface area contributed by atoms with Crippen LogP contribution < -0.4 is 25.4 Å². The first-order chi connectivity index (χ1) is 21.9. The lowest BCUT2D eigenvalue weighted by molar-refractivity contribution is -0.124. The van der Waals surface area contributed by atoms with Gasteiger partial charge >= 0.3 is 0 Å². The normalized spacial score (nSPS) is 15.6. The van der Waals surface area contributed by atoms with Gasteiger partial charge in [0.25, 0.3) is 0 Å². The predicted octanol–water partition coefficient (Wildman–Crippen LogP) is 5.10. The van der Waals surface area contributed by atoms with Crippen molar-refractivity contribution in [3.8, 4) is 23.3 Å². The fraction of sp³-hybridized carbons (Fsp3) is 0.194. The molecule has 3 amide bonds. The van der Waals surface area contributed by atoms with Crippen LogP contribution in [-0.4, -0.2) is 43.7 Å². The molecule has 5 rings (SSSR count). The van der Waals surface area contributed by atoms with Gasteiger partial charge in [-0.3, -0.25) is 19.3 Å². The Labute approximate surface area is 266 Å². The van der Waals surface area contributed by atoms with Gasteiger partial charge in [0.05, 0.1) is 19.5 Å². The van der Waals surface area contributed by atoms with Crippen LogP contribution in [0.5, 0.6) is 11.5 Å². The van der Waals surface area contributed by atoms with Crippen molar-refractivity contribution in [2.75, 3.05) is 25.7 Å². The van der Waals surface area contributed by atoms with Crippen LogP contribution in [0.25, 0.3) is 0 Å². The summed E-state index contributed by atoms with van der Waals surface area (Å²) >= 11 is 1.41. The van der Waals surface area contributed by atoms with Crippen molar-refractivity contribution in [1.29, 1.82) is 0 Å². The number of carbonyl (C=O) groups is 3. The van der Waals surface area contributed by atoms with Gasteiger partial charge in [0, 0.05) is 35.3 Å². The molecule has 1 aliphatic heterocycles. The number of anilines is 1. The number of ether oxygens (including phenoxy) is 2. The third-order valence-electron chi connectivity index (χ3n) is 7.32. The maximum Gasteiger partial charge on any atom is 0.248 e. The Hall–Kier alpha value is -5.20. The summed E-state index contributed by atoms with van der Waals surface area (Å²) < 4.78 is 10.7. The van der Waals surface area contributed by atoms with Crippen molar-refractivity contribution in [3.63, 3.8) is 0 Å². The van der Waals surface area contributed by atoms with Crippen LogP contribution in [-0.2, 0) is 16.0 Å². The van der Waals surface area contributed by atoms with Crippen LogP contribution in [0.3, 0.4) is 0 Å². The van der Waals surface area contributed by atoms with E-state index in [4.69, 9.17) is 15.2 Å². The lowest BCUT2D eigenvalue weighted by Crippen LogP contribution is -2.34. The number of rotatable bonds is 10. The van der Waals surface area contributed by atoms with Crippen LogP contribution in [0.15, 0.2) is 97.1 Å². The summed E-state index contributed by atoms with van der Waals surface area (Å²) in [6.07, 6.45) is 0.602. The SMILES string of the molecule is COc1ccc(CCNC(=O)C[C@H]2S[C@@H](c3ccc(C#Cc4ccccc4)cc3)N(c3cccc(C(N)=O)c3)C2=O)cc1OC. The van der Waals surface area contributed by atoms with Crippen LogP contribution in [0.2, 0.25) is 0 Å². The molecule has 3 N–H and O–H groups in total. The van der Waals surface area contributed by atoms with Gasteiger partial charge in [-0.1, -0.05) is 54.3 Å². The summed E-state index contributed by atoms with van der Waals surface area (Å²) in [5, 5.41) is 1.91. The number of primary amides is 1. The maximum absolute atomic E-state index is 13.8. The molecule has 45 heavy (non-hydrogen) atoms. The van der Waals surface area contributed by atoms with E-state index >= 15 is 0 Å². The van der Waals surface area contributed by atoms with Gasteiger partial charge in [0.2, 0.25) is 17.7 Å². The number of methoxy groups -OCH3 is 2. The van der Waals surface area contributed by atoms with E-state index in [0.29, 0.717) is 35.7 Å². The summed E-state index contributed by atoms with van der Waals surface area (Å²) in [5.41, 5.74) is 9.99. The van der Waals surface area contributed by atoms with Crippen molar-refractivity contribution in [2.24, 2.45) is 5.73 Å². The molecule has 228 valence electrons. The minimum Gasteiger partial charge on any atom is -0.493 e. The average Bonchev–Trinajstić information content (AvgIpc) is 3.39. The van der Waals surface area contributed by atoms with Crippen LogP contribution in [0.4, 0.5) is 5.69 Å². The minimum absolute atomic E-state index is 0.0125. The van der Waals surface area contributed by atoms with E-state index in [-0.39, 0.29) is 18.2 Å². The van der Waals surface area contributed by atoms with Crippen molar-refractivity contribution in [2.45, 2.75) is 23.5 Å². The minimum atomic E-state index is -0.620. The zero-order valence-electron chi connectivity index (χ0n) is 25.0. The van der Waals surface area contributed by atoms with Gasteiger partial charge < -0.3 is 20.5 Å². The van der Waals surface area contributed by atoms with Gasteiger partial charge in [0.15, 0.2) is 11.5 Å². The van der Waals surface area contributed by atoms with Crippen LogP contribution >= 0.6 is 11.8 Å². The molecule has 0 bridgehead atoms. The highest BCUT2D eigenvalue weighted by Gasteiger charge is 2.42. The quantitative estimate of drug-likeness (QED) is 0.239. The highest BCUT2D eigenvalue weighted by Crippen LogP contribution is 2.46. The Morgan fingerprint density at radius 2 is 1.58 bits per heavy atom. The summed E-state index contributed by atoms with van der Waals surface area (Å²) in [4.78, 5) is 40.4. The fourth-order valence-electron chi connectivity index (χ4n) is 5.00. The molecule has 0 saturated carbocycles. The van der Waals surface area contributed by atoms with Gasteiger partial charge in [-0.05, 0) is 72.1 Å². The summed E-state index contributed by atoms with van der Waals surface area (Å²) in [5.74, 6) is 6.57. The number of nitrogens with one attached hydrogen (secondary N) is 1. The number of nitrogens with zero attached hydrogens (tertiary/aromatic N) is 1. The van der Waals surface area contributed by atoms with E-state index in [1.807, 2.05) is 72.8 Å². The monoisotopic (exact) mass is 619 g/mol. The first-order valence-electron chi connectivity index (χ1n) is 14.4. The number of benzene rings is 4. The number of nitrogens with two attached hydrogens (primary N) is 1. The van der Waals surface area contributed by atoms with Crippen LogP contribution in [0, 0.1) is 11.8 Å². The largest absolute Gasteiger partial charge is 0.493 e. The second-order valence-electron chi connectivity index (χ2n) is 10.3. The summed E-state index contributed by atoms with van der Waals surface area (Å²) in [6.45, 7) is 0.402. The van der Waals surface area contributed by atoms with Crippen molar-refractivity contribution < 1.29 is 23.9 Å². The van der Waals surface area contributed by atoms with E-state index < -0.39 is 16.5 Å². The van der Waals surface area contributed by atoms with E-state index in [0.717, 1.165) is 22.3 Å². The smallest absolute Gasteiger partial charge is 0.248 e. The Bertz CT molecular complexity index is 1750. The molecule has 0 radical (unpaired) electrons. The van der Waals surface area contributed by atoms with Crippen molar-refractivity contribution in [1.82, 2.24) is 5.32 Å². The van der Waals surface area contributed by atoms with E-state index in [1.165, 1.54) is 11.8 Å². The van der Waals surface area contributed by atoms with E-state index in [9.17, 15) is 14.4 Å². The molecule has 4 aromatic carbocycles. The first-order valence-corrected chi connectivity index (χ1v) is 15.3. The Kier molecular flexibility index (Phi) is 10.1. The Morgan fingerprint density at radius 1 is 0.867 bits per heavy atom. The van der Waals surface area contributed by atoms with E-state index in [2.05, 4.69) is 17.2 Å². The lowest BCUT2D eigenvalue weighted by atomic mass is 10.1. The highest BCUT2D eigenvalue weighted by atomic mass is 32.2. The number of carbonyl (C=O) groups excluding carboxylic acids is 3. The molecular formula is C36H33N3O5S. The maximum atomic E-state index is 13.8. The lowest BCUT2D eigenvalue weighted by Gasteiger charge is -2.24. The van der Waals surface area contributed by atoms with Gasteiger partial charge in [0.1, 0.15) is 5.37 Å². The zero-order chi connectivity index (χ0) is 31.8. The Morgan fingerprint density at radius 3 is 2.27 bits per heavy atom. The first kappa shape index (κ1) is 31.2. The number of hydrogen-bond acceptors (Lipinski definition) is 6. The summed E-state index contributed by atoms with van der Waals surface area (Å²) in [7, 11) is 3.16. The van der Waals surface area contributed by atoms with Crippen LogP contribution in [0.1, 0.15) is 44.4 Å². The fourth-order valence-corrected chi connectivity index (χ4v) is 6.45. The zero-order valence-corrected chi connectivity index (χ0v) is 25.8. The predicted molar refractivity (Wildman–Crippen MR) is 176 cm³/mol. The topological polar surface area (TPSA) is 111 Å². The molecule has 1 heterocycles. The molecule has 0 spiro atoms. The average molecular weight is 620 g/mol. The van der Waals surface area contributed by atoms with E-state index in [1.54, 1.807) is 43.4 Å². The molecule has 4 aromatic rings. The highest BCUT2D eigenvalue weighted by molar-refractivity contribution is 8.01. The third kappa shape index (κ3) is 7.66. The van der Waals surface area contributed by atoms with Gasteiger partial charge in [-0.2, -0.15) is 0 Å². The number of amides is 3. The molecule has 9 heteroatoms. The second-order valence-corrected chi connectivity index (χ2v) is 11.6. The van der Waals surface area contributed by atoms with Crippen molar-refractivity contribution in [3.05, 3.63) is 125 Å². The molecule has 0 aromatic heterocycles. The summed E-state index contributed by atoms with van der Waals surface area (Å²) in [6, 6.07) is 29.8. The molecule has 2 atom stereocenters.